The van der Waals surface area contributed by atoms with Gasteiger partial charge in [0.25, 0.3) is 0 Å². The predicted octanol–water partition coefficient (Wildman–Crippen LogP) is 1.49. The number of aliphatic hydroxyl groups excluding tert-OH is 1. The Morgan fingerprint density at radius 3 is 2.76 bits per heavy atom. The van der Waals surface area contributed by atoms with Gasteiger partial charge in [0.15, 0.2) is 0 Å². The Kier molecular flexibility index (Phi) is 3.94. The van der Waals surface area contributed by atoms with Gasteiger partial charge in [0.1, 0.15) is 17.4 Å². The highest BCUT2D eigenvalue weighted by Crippen LogP contribution is 2.24. The number of amides is 1. The van der Waals surface area contributed by atoms with E-state index in [1.807, 2.05) is 24.3 Å². The zero-order chi connectivity index (χ0) is 14.8. The summed E-state index contributed by atoms with van der Waals surface area (Å²) in [5, 5.41) is 10.8. The van der Waals surface area contributed by atoms with Crippen LogP contribution in [0.4, 0.5) is 0 Å². The van der Waals surface area contributed by atoms with E-state index in [-0.39, 0.29) is 5.92 Å². The van der Waals surface area contributed by atoms with Crippen LogP contribution in [0.2, 0.25) is 0 Å². The van der Waals surface area contributed by atoms with Crippen molar-refractivity contribution in [2.24, 2.45) is 11.7 Å². The maximum absolute atomic E-state index is 11.0. The highest BCUT2D eigenvalue weighted by molar-refractivity contribution is 5.79. The third-order valence-corrected chi connectivity index (χ3v) is 4.23. The first-order valence-electron chi connectivity index (χ1n) is 7.30. The number of aliphatic hydroxyl groups is 1. The first kappa shape index (κ1) is 14.1. The largest absolute Gasteiger partial charge is 0.460 e. The van der Waals surface area contributed by atoms with Crippen LogP contribution in [0.25, 0.3) is 11.0 Å². The number of carbonyl (C=O) groups excluding carboxylic acids is 1. The average molecular weight is 288 g/mol. The van der Waals surface area contributed by atoms with Crippen LogP contribution in [-0.4, -0.2) is 35.1 Å². The molecule has 2 aromatic rings. The quantitative estimate of drug-likeness (QED) is 0.893. The van der Waals surface area contributed by atoms with Gasteiger partial charge >= 0.3 is 0 Å². The van der Waals surface area contributed by atoms with E-state index in [0.29, 0.717) is 0 Å². The van der Waals surface area contributed by atoms with Gasteiger partial charge in [0.05, 0.1) is 6.54 Å². The maximum atomic E-state index is 11.0. The summed E-state index contributed by atoms with van der Waals surface area (Å²) in [5.74, 6) is 0.310. The van der Waals surface area contributed by atoms with Crippen LogP contribution in [0, 0.1) is 5.92 Å². The SMILES string of the molecule is NC(=O)[C@H](O)C1CCN(Cc2cc3ccccc3o2)CC1. The lowest BCUT2D eigenvalue weighted by Gasteiger charge is -2.32. The fourth-order valence-electron chi connectivity index (χ4n) is 2.99. The Labute approximate surface area is 123 Å². The number of para-hydroxylation sites is 1. The Morgan fingerprint density at radius 2 is 2.10 bits per heavy atom. The molecule has 5 nitrogen and oxygen atoms in total. The number of hydrogen-bond acceptors (Lipinski definition) is 4. The minimum Gasteiger partial charge on any atom is -0.460 e. The summed E-state index contributed by atoms with van der Waals surface area (Å²) in [5.41, 5.74) is 6.06. The van der Waals surface area contributed by atoms with Gasteiger partial charge in [0, 0.05) is 5.39 Å². The van der Waals surface area contributed by atoms with Crippen LogP contribution in [0.1, 0.15) is 18.6 Å². The zero-order valence-electron chi connectivity index (χ0n) is 11.9. The number of primary amides is 1. The first-order valence-corrected chi connectivity index (χ1v) is 7.30. The van der Waals surface area contributed by atoms with Crippen LogP contribution in [0.15, 0.2) is 34.7 Å². The van der Waals surface area contributed by atoms with Crippen molar-refractivity contribution in [2.45, 2.75) is 25.5 Å². The highest BCUT2D eigenvalue weighted by Gasteiger charge is 2.28. The molecule has 1 fully saturated rings. The minimum atomic E-state index is -1.02. The summed E-state index contributed by atoms with van der Waals surface area (Å²) in [4.78, 5) is 13.3. The lowest BCUT2D eigenvalue weighted by molar-refractivity contribution is -0.129. The Bertz CT molecular complexity index is 596. The van der Waals surface area contributed by atoms with E-state index in [9.17, 15) is 9.90 Å². The summed E-state index contributed by atoms with van der Waals surface area (Å²) in [7, 11) is 0. The number of nitrogens with two attached hydrogens (primary N) is 1. The molecule has 112 valence electrons. The van der Waals surface area contributed by atoms with E-state index in [1.165, 1.54) is 0 Å². The van der Waals surface area contributed by atoms with Gasteiger partial charge in [-0.15, -0.1) is 0 Å². The molecule has 1 amide bonds. The molecule has 3 N–H and O–H groups in total. The molecule has 5 heteroatoms. The molecule has 0 aliphatic carbocycles. The summed E-state index contributed by atoms with van der Waals surface area (Å²) in [6.07, 6.45) is 0.549. The standard InChI is InChI=1S/C16H20N2O3/c17-16(20)15(19)11-5-7-18(8-6-11)10-13-9-12-3-1-2-4-14(12)21-13/h1-4,9,11,15,19H,5-8,10H2,(H2,17,20)/t15-/m1/s1. The summed E-state index contributed by atoms with van der Waals surface area (Å²) in [6, 6.07) is 10.0. The van der Waals surface area contributed by atoms with Crippen molar-refractivity contribution in [1.82, 2.24) is 4.90 Å². The van der Waals surface area contributed by atoms with Crippen molar-refractivity contribution >= 4 is 16.9 Å². The van der Waals surface area contributed by atoms with Crippen molar-refractivity contribution in [3.8, 4) is 0 Å². The van der Waals surface area contributed by atoms with Crippen molar-refractivity contribution in [1.29, 1.82) is 0 Å². The summed E-state index contributed by atoms with van der Waals surface area (Å²) in [6.45, 7) is 2.44. The van der Waals surface area contributed by atoms with E-state index >= 15 is 0 Å². The second-order valence-electron chi connectivity index (χ2n) is 5.71. The van der Waals surface area contributed by atoms with Gasteiger partial charge in [0.2, 0.25) is 5.91 Å². The molecule has 0 unspecified atom stereocenters. The monoisotopic (exact) mass is 288 g/mol. The van der Waals surface area contributed by atoms with Gasteiger partial charge in [-0.1, -0.05) is 18.2 Å². The molecular weight excluding hydrogens is 268 g/mol. The third-order valence-electron chi connectivity index (χ3n) is 4.23. The molecule has 0 spiro atoms. The zero-order valence-corrected chi connectivity index (χ0v) is 11.9. The Balaban J connectivity index is 1.59. The van der Waals surface area contributed by atoms with Gasteiger partial charge in [-0.25, -0.2) is 0 Å². The molecule has 0 bridgehead atoms. The van der Waals surface area contributed by atoms with E-state index < -0.39 is 12.0 Å². The summed E-state index contributed by atoms with van der Waals surface area (Å²) >= 11 is 0. The molecule has 1 atom stereocenters. The molecule has 1 aliphatic rings. The third kappa shape index (κ3) is 3.09. The number of benzene rings is 1. The van der Waals surface area contributed by atoms with Gasteiger partial charge in [-0.3, -0.25) is 9.69 Å². The number of nitrogens with zero attached hydrogens (tertiary/aromatic N) is 1. The number of fused-ring (bicyclic) bond motifs is 1. The van der Waals surface area contributed by atoms with Crippen molar-refractivity contribution in [3.05, 3.63) is 36.1 Å². The topological polar surface area (TPSA) is 79.7 Å². The Hall–Kier alpha value is -1.85. The molecule has 3 rings (SSSR count). The van der Waals surface area contributed by atoms with E-state index in [1.54, 1.807) is 0 Å². The van der Waals surface area contributed by atoms with E-state index in [2.05, 4.69) is 11.0 Å². The Morgan fingerprint density at radius 1 is 1.38 bits per heavy atom. The lowest BCUT2D eigenvalue weighted by atomic mass is 9.91. The number of furan rings is 1. The number of piperidine rings is 1. The number of hydrogen-bond donors (Lipinski definition) is 2. The fraction of sp³-hybridized carbons (Fsp3) is 0.438. The number of rotatable bonds is 4. The van der Waals surface area contributed by atoms with E-state index in [4.69, 9.17) is 10.2 Å². The molecule has 0 saturated carbocycles. The maximum Gasteiger partial charge on any atom is 0.246 e. The molecule has 21 heavy (non-hydrogen) atoms. The van der Waals surface area contributed by atoms with Gasteiger partial charge < -0.3 is 15.3 Å². The normalized spacial score (nSPS) is 18.9. The summed E-state index contributed by atoms with van der Waals surface area (Å²) < 4.78 is 5.82. The highest BCUT2D eigenvalue weighted by atomic mass is 16.3. The molecule has 1 aromatic carbocycles. The van der Waals surface area contributed by atoms with Crippen molar-refractivity contribution in [3.63, 3.8) is 0 Å². The molecule has 1 saturated heterocycles. The van der Waals surface area contributed by atoms with Crippen LogP contribution in [0.3, 0.4) is 0 Å². The smallest absolute Gasteiger partial charge is 0.246 e. The molecular formula is C16H20N2O3. The van der Waals surface area contributed by atoms with Crippen LogP contribution in [-0.2, 0) is 11.3 Å². The fourth-order valence-corrected chi connectivity index (χ4v) is 2.99. The number of carbonyl (C=O) groups is 1. The van der Waals surface area contributed by atoms with Crippen molar-refractivity contribution in [2.75, 3.05) is 13.1 Å². The van der Waals surface area contributed by atoms with Crippen LogP contribution in [0.5, 0.6) is 0 Å². The van der Waals surface area contributed by atoms with Crippen LogP contribution < -0.4 is 5.73 Å². The minimum absolute atomic E-state index is 0.0191. The lowest BCUT2D eigenvalue weighted by Crippen LogP contribution is -2.42. The van der Waals surface area contributed by atoms with Crippen molar-refractivity contribution < 1.29 is 14.3 Å². The second kappa shape index (κ2) is 5.87. The number of likely N-dealkylation sites (tertiary alicyclic amines) is 1. The van der Waals surface area contributed by atoms with E-state index in [0.717, 1.165) is 49.2 Å². The molecule has 2 heterocycles. The molecule has 0 radical (unpaired) electrons. The van der Waals surface area contributed by atoms with Crippen LogP contribution >= 0.6 is 0 Å². The predicted molar refractivity (Wildman–Crippen MR) is 79.4 cm³/mol. The van der Waals surface area contributed by atoms with Gasteiger partial charge in [-0.05, 0) is 44.0 Å². The second-order valence-corrected chi connectivity index (χ2v) is 5.71. The molecule has 1 aliphatic heterocycles. The van der Waals surface area contributed by atoms with Gasteiger partial charge in [-0.2, -0.15) is 0 Å². The average Bonchev–Trinajstić information content (AvgIpc) is 2.89. The first-order chi connectivity index (χ1) is 10.1. The molecule has 1 aromatic heterocycles.